The highest BCUT2D eigenvalue weighted by Crippen LogP contribution is 2.29. The topological polar surface area (TPSA) is 63.7 Å². The zero-order chi connectivity index (χ0) is 16.2. The van der Waals surface area contributed by atoms with Crippen LogP contribution in [-0.4, -0.2) is 46.0 Å². The highest BCUT2D eigenvalue weighted by atomic mass is 35.7. The number of halogens is 1. The summed E-state index contributed by atoms with van der Waals surface area (Å²) in [6.45, 7) is 7.15. The lowest BCUT2D eigenvalue weighted by Gasteiger charge is -2.23. The van der Waals surface area contributed by atoms with Gasteiger partial charge in [0.15, 0.2) is 0 Å². The summed E-state index contributed by atoms with van der Waals surface area (Å²) >= 11 is 1.14. The van der Waals surface area contributed by atoms with Crippen LogP contribution in [0.15, 0.2) is 11.0 Å². The molecule has 5 nitrogen and oxygen atoms in total. The van der Waals surface area contributed by atoms with Crippen molar-refractivity contribution in [2.24, 2.45) is 5.92 Å². The van der Waals surface area contributed by atoms with Gasteiger partial charge in [0.05, 0.1) is 16.4 Å². The van der Waals surface area contributed by atoms with E-state index in [0.29, 0.717) is 35.4 Å². The molecule has 0 N–H and O–H groups in total. The third-order valence-electron chi connectivity index (χ3n) is 2.78. The van der Waals surface area contributed by atoms with Gasteiger partial charge in [-0.05, 0) is 18.9 Å². The van der Waals surface area contributed by atoms with E-state index in [1.165, 1.54) is 6.07 Å². The summed E-state index contributed by atoms with van der Waals surface area (Å²) in [4.78, 5) is 15.1. The number of hydrogen-bond acceptors (Lipinski definition) is 5. The van der Waals surface area contributed by atoms with Gasteiger partial charge in [-0.25, -0.2) is 8.42 Å². The van der Waals surface area contributed by atoms with E-state index in [1.54, 1.807) is 18.9 Å². The van der Waals surface area contributed by atoms with Crippen LogP contribution in [0.3, 0.4) is 0 Å². The van der Waals surface area contributed by atoms with Crippen molar-refractivity contribution in [3.05, 3.63) is 15.8 Å². The quantitative estimate of drug-likeness (QED) is 0.707. The zero-order valence-electron chi connectivity index (χ0n) is 12.6. The molecule has 8 heteroatoms. The molecule has 0 spiro atoms. The normalized spacial score (nSPS) is 11.9. The molecule has 0 aliphatic rings. The van der Waals surface area contributed by atoms with Crippen molar-refractivity contribution >= 4 is 37.0 Å². The van der Waals surface area contributed by atoms with Crippen LogP contribution in [-0.2, 0) is 13.8 Å². The Hall–Kier alpha value is -0.630. The van der Waals surface area contributed by atoms with E-state index >= 15 is 0 Å². The Bertz CT molecular complexity index is 595. The maximum absolute atomic E-state index is 12.5. The lowest BCUT2D eigenvalue weighted by atomic mass is 10.2. The molecule has 0 aromatic carbocycles. The second-order valence-electron chi connectivity index (χ2n) is 5.11. The van der Waals surface area contributed by atoms with Gasteiger partial charge in [-0.3, -0.25) is 4.79 Å². The maximum atomic E-state index is 12.5. The molecule has 1 rings (SSSR count). The van der Waals surface area contributed by atoms with Gasteiger partial charge in [0.1, 0.15) is 0 Å². The molecule has 0 aliphatic carbocycles. The lowest BCUT2D eigenvalue weighted by Crippen LogP contribution is -2.36. The Balaban J connectivity index is 3.03. The SMILES string of the molecule is COCCN(CC(C)C)C(=O)c1cc(S(=O)(=O)Cl)c(C)s1. The van der Waals surface area contributed by atoms with Gasteiger partial charge in [0.2, 0.25) is 0 Å². The van der Waals surface area contributed by atoms with Gasteiger partial charge in [-0.1, -0.05) is 13.8 Å². The molecule has 0 radical (unpaired) electrons. The second-order valence-corrected chi connectivity index (χ2v) is 8.90. The average molecular weight is 354 g/mol. The van der Waals surface area contributed by atoms with Gasteiger partial charge in [0.25, 0.3) is 15.0 Å². The van der Waals surface area contributed by atoms with Crippen LogP contribution in [0, 0.1) is 12.8 Å². The van der Waals surface area contributed by atoms with Crippen molar-refractivity contribution in [1.82, 2.24) is 4.90 Å². The van der Waals surface area contributed by atoms with E-state index < -0.39 is 9.05 Å². The van der Waals surface area contributed by atoms with Gasteiger partial charge < -0.3 is 9.64 Å². The summed E-state index contributed by atoms with van der Waals surface area (Å²) < 4.78 is 27.9. The molecule has 0 saturated carbocycles. The first kappa shape index (κ1) is 18.4. The van der Waals surface area contributed by atoms with Crippen LogP contribution in [0.25, 0.3) is 0 Å². The van der Waals surface area contributed by atoms with Crippen LogP contribution in [0.2, 0.25) is 0 Å². The first-order valence-electron chi connectivity index (χ1n) is 6.50. The number of methoxy groups -OCH3 is 1. The van der Waals surface area contributed by atoms with Crippen molar-refractivity contribution in [3.63, 3.8) is 0 Å². The molecule has 1 heterocycles. The minimum atomic E-state index is -3.82. The van der Waals surface area contributed by atoms with Crippen LogP contribution < -0.4 is 0 Å². The Morgan fingerprint density at radius 3 is 2.52 bits per heavy atom. The van der Waals surface area contributed by atoms with E-state index in [0.717, 1.165) is 11.3 Å². The van der Waals surface area contributed by atoms with E-state index in [9.17, 15) is 13.2 Å². The van der Waals surface area contributed by atoms with E-state index in [-0.39, 0.29) is 10.8 Å². The Kier molecular flexibility index (Phi) is 6.65. The standard InChI is InChI=1S/C13H20ClNO4S2/c1-9(2)8-15(5-6-19-4)13(16)11-7-12(10(3)20-11)21(14,17)18/h7,9H,5-6,8H2,1-4H3. The first-order valence-corrected chi connectivity index (χ1v) is 9.62. The second kappa shape index (κ2) is 7.58. The lowest BCUT2D eigenvalue weighted by molar-refractivity contribution is 0.0677. The molecule has 1 amide bonds. The Labute approximate surface area is 134 Å². The zero-order valence-corrected chi connectivity index (χ0v) is 14.9. The molecule has 0 saturated heterocycles. The Morgan fingerprint density at radius 2 is 2.10 bits per heavy atom. The minimum Gasteiger partial charge on any atom is -0.383 e. The van der Waals surface area contributed by atoms with E-state index in [1.807, 2.05) is 13.8 Å². The molecule has 120 valence electrons. The number of nitrogens with zero attached hydrogens (tertiary/aromatic N) is 1. The highest BCUT2D eigenvalue weighted by Gasteiger charge is 2.23. The van der Waals surface area contributed by atoms with Crippen molar-refractivity contribution in [2.75, 3.05) is 26.8 Å². The van der Waals surface area contributed by atoms with Gasteiger partial charge in [-0.15, -0.1) is 11.3 Å². The van der Waals surface area contributed by atoms with Crippen LogP contribution in [0.5, 0.6) is 0 Å². The fraction of sp³-hybridized carbons (Fsp3) is 0.615. The number of thiophene rings is 1. The maximum Gasteiger partial charge on any atom is 0.264 e. The first-order chi connectivity index (χ1) is 9.66. The molecule has 1 aromatic rings. The van der Waals surface area contributed by atoms with Crippen molar-refractivity contribution in [1.29, 1.82) is 0 Å². The number of carbonyl (C=O) groups is 1. The molecule has 0 aliphatic heterocycles. The largest absolute Gasteiger partial charge is 0.383 e. The monoisotopic (exact) mass is 353 g/mol. The molecule has 1 aromatic heterocycles. The summed E-state index contributed by atoms with van der Waals surface area (Å²) in [5.74, 6) is 0.114. The van der Waals surface area contributed by atoms with Crippen molar-refractivity contribution in [3.8, 4) is 0 Å². The summed E-state index contributed by atoms with van der Waals surface area (Å²) in [5, 5.41) is 0. The average Bonchev–Trinajstić information content (AvgIpc) is 2.75. The summed E-state index contributed by atoms with van der Waals surface area (Å²) in [5.41, 5.74) is 0. The summed E-state index contributed by atoms with van der Waals surface area (Å²) in [6, 6.07) is 1.35. The predicted octanol–water partition coefficient (Wildman–Crippen LogP) is 2.73. The number of ether oxygens (including phenoxy) is 1. The molecular formula is C13H20ClNO4S2. The van der Waals surface area contributed by atoms with Crippen LogP contribution in [0.4, 0.5) is 0 Å². The van der Waals surface area contributed by atoms with Gasteiger partial charge in [0, 0.05) is 35.8 Å². The smallest absolute Gasteiger partial charge is 0.264 e. The number of amides is 1. The fourth-order valence-corrected chi connectivity index (χ4v) is 4.52. The minimum absolute atomic E-state index is 0.00811. The summed E-state index contributed by atoms with van der Waals surface area (Å²) in [7, 11) is 3.11. The van der Waals surface area contributed by atoms with Crippen molar-refractivity contribution in [2.45, 2.75) is 25.7 Å². The molecule has 0 bridgehead atoms. The molecule has 21 heavy (non-hydrogen) atoms. The van der Waals surface area contributed by atoms with Gasteiger partial charge in [-0.2, -0.15) is 0 Å². The molecule has 0 fully saturated rings. The number of rotatable bonds is 7. The van der Waals surface area contributed by atoms with Gasteiger partial charge >= 0.3 is 0 Å². The summed E-state index contributed by atoms with van der Waals surface area (Å²) in [6.07, 6.45) is 0. The number of aryl methyl sites for hydroxylation is 1. The van der Waals surface area contributed by atoms with Crippen LogP contribution in [0.1, 0.15) is 28.4 Å². The third kappa shape index (κ3) is 5.25. The molecule has 0 atom stereocenters. The predicted molar refractivity (Wildman–Crippen MR) is 84.7 cm³/mol. The fourth-order valence-electron chi connectivity index (χ4n) is 1.89. The van der Waals surface area contributed by atoms with Crippen LogP contribution >= 0.6 is 22.0 Å². The molecular weight excluding hydrogens is 334 g/mol. The third-order valence-corrected chi connectivity index (χ3v) is 5.40. The van der Waals surface area contributed by atoms with E-state index in [2.05, 4.69) is 0 Å². The Morgan fingerprint density at radius 1 is 1.48 bits per heavy atom. The number of carbonyl (C=O) groups excluding carboxylic acids is 1. The van der Waals surface area contributed by atoms with Crippen molar-refractivity contribution < 1.29 is 17.9 Å². The van der Waals surface area contributed by atoms with E-state index in [4.69, 9.17) is 15.4 Å². The highest BCUT2D eigenvalue weighted by molar-refractivity contribution is 8.13. The molecule has 0 unspecified atom stereocenters. The number of hydrogen-bond donors (Lipinski definition) is 0.